The fourth-order valence-corrected chi connectivity index (χ4v) is 2.84. The van der Waals surface area contributed by atoms with Gasteiger partial charge in [-0.3, -0.25) is 0 Å². The normalized spacial score (nSPS) is 12.9. The molecule has 0 aliphatic rings. The van der Waals surface area contributed by atoms with Crippen LogP contribution < -0.4 is 10.5 Å². The Morgan fingerprint density at radius 3 is 2.30 bits per heavy atom. The number of benzene rings is 1. The van der Waals surface area contributed by atoms with E-state index in [9.17, 15) is 0 Å². The van der Waals surface area contributed by atoms with Gasteiger partial charge in [0.1, 0.15) is 10.8 Å². The molecule has 0 spiro atoms. The molecule has 0 bridgehead atoms. The van der Waals surface area contributed by atoms with Crippen molar-refractivity contribution in [3.63, 3.8) is 0 Å². The smallest absolute Gasteiger partial charge is 0.119 e. The van der Waals surface area contributed by atoms with Crippen LogP contribution in [0.4, 0.5) is 0 Å². The van der Waals surface area contributed by atoms with E-state index in [1.165, 1.54) is 0 Å². The SMILES string of the molecule is CC(C)Oc1ccc(-c2csc(C(N)C(C)C)n2)cc1. The van der Waals surface area contributed by atoms with Gasteiger partial charge in [0, 0.05) is 10.9 Å². The molecule has 1 heterocycles. The average Bonchev–Trinajstić information content (AvgIpc) is 2.87. The van der Waals surface area contributed by atoms with Crippen LogP contribution in [0, 0.1) is 5.92 Å². The van der Waals surface area contributed by atoms with Crippen LogP contribution in [0.15, 0.2) is 29.6 Å². The zero-order valence-corrected chi connectivity index (χ0v) is 13.3. The van der Waals surface area contributed by atoms with E-state index in [0.29, 0.717) is 5.92 Å². The predicted octanol–water partition coefficient (Wildman–Crippen LogP) is 4.25. The van der Waals surface area contributed by atoms with E-state index >= 15 is 0 Å². The Kier molecular flexibility index (Phi) is 4.78. The molecule has 1 aromatic heterocycles. The maximum atomic E-state index is 6.14. The Morgan fingerprint density at radius 1 is 1.10 bits per heavy atom. The molecule has 20 heavy (non-hydrogen) atoms. The highest BCUT2D eigenvalue weighted by molar-refractivity contribution is 7.10. The van der Waals surface area contributed by atoms with Gasteiger partial charge in [-0.2, -0.15) is 0 Å². The molecule has 4 heteroatoms. The van der Waals surface area contributed by atoms with Gasteiger partial charge in [-0.25, -0.2) is 4.98 Å². The van der Waals surface area contributed by atoms with Gasteiger partial charge in [0.25, 0.3) is 0 Å². The highest BCUT2D eigenvalue weighted by Crippen LogP contribution is 2.28. The Morgan fingerprint density at radius 2 is 1.75 bits per heavy atom. The van der Waals surface area contributed by atoms with Crippen LogP contribution in [-0.2, 0) is 0 Å². The van der Waals surface area contributed by atoms with Gasteiger partial charge in [0.05, 0.1) is 17.8 Å². The average molecular weight is 290 g/mol. The molecule has 1 aromatic carbocycles. The summed E-state index contributed by atoms with van der Waals surface area (Å²) < 4.78 is 5.64. The molecule has 1 atom stereocenters. The van der Waals surface area contributed by atoms with Crippen molar-refractivity contribution in [2.75, 3.05) is 0 Å². The number of hydrogen-bond donors (Lipinski definition) is 1. The number of nitrogens with zero attached hydrogens (tertiary/aromatic N) is 1. The molecule has 108 valence electrons. The van der Waals surface area contributed by atoms with Crippen LogP contribution in [0.1, 0.15) is 38.7 Å². The third-order valence-corrected chi connectivity index (χ3v) is 3.99. The minimum atomic E-state index is 0.0114. The van der Waals surface area contributed by atoms with Gasteiger partial charge in [-0.15, -0.1) is 11.3 Å². The van der Waals surface area contributed by atoms with Gasteiger partial charge >= 0.3 is 0 Å². The van der Waals surface area contributed by atoms with Gasteiger partial charge in [-0.05, 0) is 44.0 Å². The number of rotatable bonds is 5. The zero-order chi connectivity index (χ0) is 14.7. The molecule has 0 aliphatic heterocycles. The van der Waals surface area contributed by atoms with Crippen LogP contribution in [0.2, 0.25) is 0 Å². The molecule has 2 N–H and O–H groups in total. The Labute approximate surface area is 124 Å². The van der Waals surface area contributed by atoms with Crippen molar-refractivity contribution in [3.8, 4) is 17.0 Å². The molecule has 0 fully saturated rings. The topological polar surface area (TPSA) is 48.1 Å². The number of ether oxygens (including phenoxy) is 1. The molecule has 2 rings (SSSR count). The molecule has 0 aliphatic carbocycles. The van der Waals surface area contributed by atoms with E-state index in [2.05, 4.69) is 24.2 Å². The molecule has 0 amide bonds. The Balaban J connectivity index is 2.16. The first-order valence-corrected chi connectivity index (χ1v) is 7.83. The monoisotopic (exact) mass is 290 g/mol. The van der Waals surface area contributed by atoms with Crippen LogP contribution in [0.25, 0.3) is 11.3 Å². The quantitative estimate of drug-likeness (QED) is 0.895. The maximum absolute atomic E-state index is 6.14. The maximum Gasteiger partial charge on any atom is 0.119 e. The summed E-state index contributed by atoms with van der Waals surface area (Å²) in [5.74, 6) is 1.29. The Hall–Kier alpha value is -1.39. The summed E-state index contributed by atoms with van der Waals surface area (Å²) in [6.07, 6.45) is 0.191. The molecule has 0 radical (unpaired) electrons. The van der Waals surface area contributed by atoms with E-state index in [1.807, 2.05) is 38.1 Å². The summed E-state index contributed by atoms with van der Waals surface area (Å²) in [5, 5.41) is 3.06. The van der Waals surface area contributed by atoms with Crippen molar-refractivity contribution < 1.29 is 4.74 Å². The van der Waals surface area contributed by atoms with Crippen LogP contribution >= 0.6 is 11.3 Å². The van der Waals surface area contributed by atoms with Crippen LogP contribution in [-0.4, -0.2) is 11.1 Å². The van der Waals surface area contributed by atoms with E-state index in [-0.39, 0.29) is 12.1 Å². The first kappa shape index (κ1) is 15.0. The molecule has 2 aromatic rings. The number of aromatic nitrogens is 1. The van der Waals surface area contributed by atoms with Gasteiger partial charge in [-0.1, -0.05) is 13.8 Å². The van der Waals surface area contributed by atoms with Crippen molar-refractivity contribution in [1.82, 2.24) is 4.98 Å². The Bertz CT molecular complexity index is 546. The molecule has 0 saturated carbocycles. The second-order valence-corrected chi connectivity index (χ2v) is 6.42. The molecular formula is C16H22N2OS. The lowest BCUT2D eigenvalue weighted by Crippen LogP contribution is -2.16. The summed E-state index contributed by atoms with van der Waals surface area (Å²) in [6.45, 7) is 8.27. The summed E-state index contributed by atoms with van der Waals surface area (Å²) >= 11 is 1.63. The van der Waals surface area contributed by atoms with Gasteiger partial charge < -0.3 is 10.5 Å². The second kappa shape index (κ2) is 6.37. The largest absolute Gasteiger partial charge is 0.491 e. The molecular weight excluding hydrogens is 268 g/mol. The van der Waals surface area contributed by atoms with Gasteiger partial charge in [0.2, 0.25) is 0 Å². The fourth-order valence-electron chi connectivity index (χ4n) is 1.83. The first-order valence-electron chi connectivity index (χ1n) is 6.95. The van der Waals surface area contributed by atoms with E-state index in [0.717, 1.165) is 22.0 Å². The van der Waals surface area contributed by atoms with Gasteiger partial charge in [0.15, 0.2) is 0 Å². The highest BCUT2D eigenvalue weighted by Gasteiger charge is 2.15. The summed E-state index contributed by atoms with van der Waals surface area (Å²) in [6, 6.07) is 8.06. The standard InChI is InChI=1S/C16H22N2OS/c1-10(2)15(17)16-18-14(9-20-16)12-5-7-13(8-6-12)19-11(3)4/h5-11,15H,17H2,1-4H3. The fraction of sp³-hybridized carbons (Fsp3) is 0.438. The van der Waals surface area contributed by atoms with Crippen LogP contribution in [0.3, 0.4) is 0 Å². The number of nitrogens with two attached hydrogens (primary N) is 1. The molecule has 1 unspecified atom stereocenters. The minimum Gasteiger partial charge on any atom is -0.491 e. The molecule has 0 saturated heterocycles. The highest BCUT2D eigenvalue weighted by atomic mass is 32.1. The summed E-state index contributed by atoms with van der Waals surface area (Å²) in [4.78, 5) is 4.64. The van der Waals surface area contributed by atoms with E-state index < -0.39 is 0 Å². The van der Waals surface area contributed by atoms with Crippen molar-refractivity contribution in [1.29, 1.82) is 0 Å². The van der Waals surface area contributed by atoms with E-state index in [1.54, 1.807) is 11.3 Å². The van der Waals surface area contributed by atoms with Crippen molar-refractivity contribution in [3.05, 3.63) is 34.7 Å². The van der Waals surface area contributed by atoms with Crippen molar-refractivity contribution in [2.24, 2.45) is 11.7 Å². The lowest BCUT2D eigenvalue weighted by molar-refractivity contribution is 0.242. The van der Waals surface area contributed by atoms with E-state index in [4.69, 9.17) is 10.5 Å². The van der Waals surface area contributed by atoms with Crippen molar-refractivity contribution >= 4 is 11.3 Å². The summed E-state index contributed by atoms with van der Waals surface area (Å²) in [5.41, 5.74) is 8.22. The second-order valence-electron chi connectivity index (χ2n) is 5.53. The first-order chi connectivity index (χ1) is 9.47. The van der Waals surface area contributed by atoms with Crippen LogP contribution in [0.5, 0.6) is 5.75 Å². The third kappa shape index (κ3) is 3.58. The number of thiazole rings is 1. The third-order valence-electron chi connectivity index (χ3n) is 3.05. The summed E-state index contributed by atoms with van der Waals surface area (Å²) in [7, 11) is 0. The lowest BCUT2D eigenvalue weighted by Gasteiger charge is -2.11. The zero-order valence-electron chi connectivity index (χ0n) is 12.5. The molecule has 3 nitrogen and oxygen atoms in total. The number of hydrogen-bond acceptors (Lipinski definition) is 4. The van der Waals surface area contributed by atoms with Crippen molar-refractivity contribution in [2.45, 2.75) is 39.8 Å². The minimum absolute atomic E-state index is 0.0114. The predicted molar refractivity (Wildman–Crippen MR) is 85.1 cm³/mol. The lowest BCUT2D eigenvalue weighted by atomic mass is 10.1.